The minimum atomic E-state index is -1.16. The highest BCUT2D eigenvalue weighted by Crippen LogP contribution is 2.25. The van der Waals surface area contributed by atoms with Crippen molar-refractivity contribution in [3.8, 4) is 0 Å². The standard InChI is InChI=1S/C24H36N4O5/c29-21(28-13-11-27(12-14-28)18-9-5-2-6-10-18)15-19-22(30)23(31)20(33-19)16-25-24(32)26-17-7-3-1-4-8-17/h2,5-6,9-10,17,19-20,22-23,30-31H,1,3-4,7-8,11-16H2,(H2,25,26,32). The van der Waals surface area contributed by atoms with Crippen molar-refractivity contribution in [1.82, 2.24) is 15.5 Å². The highest BCUT2D eigenvalue weighted by Gasteiger charge is 2.44. The van der Waals surface area contributed by atoms with E-state index in [0.717, 1.165) is 44.5 Å². The number of para-hydroxylation sites is 1. The van der Waals surface area contributed by atoms with Gasteiger partial charge in [0.25, 0.3) is 0 Å². The van der Waals surface area contributed by atoms with Crippen LogP contribution in [0.2, 0.25) is 0 Å². The van der Waals surface area contributed by atoms with Gasteiger partial charge in [0, 0.05) is 44.5 Å². The largest absolute Gasteiger partial charge is 0.388 e. The van der Waals surface area contributed by atoms with Gasteiger partial charge in [0.2, 0.25) is 5.91 Å². The number of hydrogen-bond acceptors (Lipinski definition) is 6. The number of aliphatic hydroxyl groups excluding tert-OH is 2. The second kappa shape index (κ2) is 11.2. The molecule has 2 saturated heterocycles. The van der Waals surface area contributed by atoms with Crippen molar-refractivity contribution in [3.05, 3.63) is 30.3 Å². The zero-order chi connectivity index (χ0) is 23.2. The van der Waals surface area contributed by atoms with E-state index in [0.29, 0.717) is 13.1 Å². The van der Waals surface area contributed by atoms with Gasteiger partial charge in [-0.3, -0.25) is 4.79 Å². The third kappa shape index (κ3) is 6.16. The SMILES string of the molecule is O=C(NCC1OC(CC(=O)N2CCN(c3ccccc3)CC2)C(O)C1O)NC1CCCCC1. The molecule has 9 nitrogen and oxygen atoms in total. The average molecular weight is 461 g/mol. The lowest BCUT2D eigenvalue weighted by atomic mass is 9.96. The van der Waals surface area contributed by atoms with Crippen LogP contribution in [0, 0.1) is 0 Å². The van der Waals surface area contributed by atoms with Gasteiger partial charge in [0.15, 0.2) is 0 Å². The molecule has 4 rings (SSSR count). The first-order chi connectivity index (χ1) is 16.0. The fourth-order valence-corrected chi connectivity index (χ4v) is 4.99. The quantitative estimate of drug-likeness (QED) is 0.500. The Hall–Kier alpha value is -2.36. The van der Waals surface area contributed by atoms with E-state index in [1.165, 1.54) is 6.42 Å². The number of piperazine rings is 1. The summed E-state index contributed by atoms with van der Waals surface area (Å²) in [4.78, 5) is 29.0. The number of carbonyl (C=O) groups is 2. The summed E-state index contributed by atoms with van der Waals surface area (Å²) in [6, 6.07) is 10.0. The molecule has 3 amide bonds. The monoisotopic (exact) mass is 460 g/mol. The number of hydrogen-bond donors (Lipinski definition) is 4. The molecule has 1 aromatic carbocycles. The first-order valence-corrected chi connectivity index (χ1v) is 12.1. The number of rotatable bonds is 6. The molecule has 3 fully saturated rings. The maximum atomic E-state index is 12.8. The van der Waals surface area contributed by atoms with E-state index in [2.05, 4.69) is 27.7 Å². The topological polar surface area (TPSA) is 114 Å². The molecule has 4 N–H and O–H groups in total. The van der Waals surface area contributed by atoms with Gasteiger partial charge in [0.05, 0.1) is 12.5 Å². The summed E-state index contributed by atoms with van der Waals surface area (Å²) < 4.78 is 5.78. The number of ether oxygens (including phenoxy) is 1. The van der Waals surface area contributed by atoms with Crippen LogP contribution in [0.15, 0.2) is 30.3 Å². The molecule has 2 aliphatic heterocycles. The fourth-order valence-electron chi connectivity index (χ4n) is 4.99. The van der Waals surface area contributed by atoms with Gasteiger partial charge in [-0.2, -0.15) is 0 Å². The summed E-state index contributed by atoms with van der Waals surface area (Å²) in [6.45, 7) is 2.78. The van der Waals surface area contributed by atoms with Crippen molar-refractivity contribution in [2.24, 2.45) is 0 Å². The Kier molecular flexibility index (Phi) is 8.06. The predicted octanol–water partition coefficient (Wildman–Crippen LogP) is 0.846. The Morgan fingerprint density at radius 1 is 0.939 bits per heavy atom. The van der Waals surface area contributed by atoms with Gasteiger partial charge in [-0.15, -0.1) is 0 Å². The minimum Gasteiger partial charge on any atom is -0.388 e. The summed E-state index contributed by atoms with van der Waals surface area (Å²) >= 11 is 0. The molecule has 33 heavy (non-hydrogen) atoms. The number of amides is 3. The lowest BCUT2D eigenvalue weighted by Crippen LogP contribution is -2.49. The molecule has 0 radical (unpaired) electrons. The van der Waals surface area contributed by atoms with Gasteiger partial charge < -0.3 is 35.4 Å². The molecule has 4 atom stereocenters. The van der Waals surface area contributed by atoms with E-state index in [4.69, 9.17) is 4.74 Å². The fraction of sp³-hybridized carbons (Fsp3) is 0.667. The van der Waals surface area contributed by atoms with Crippen molar-refractivity contribution in [2.45, 2.75) is 69.0 Å². The lowest BCUT2D eigenvalue weighted by molar-refractivity contribution is -0.135. The maximum Gasteiger partial charge on any atom is 0.315 e. The number of benzene rings is 1. The molecule has 0 aromatic heterocycles. The molecule has 4 unspecified atom stereocenters. The van der Waals surface area contributed by atoms with Crippen molar-refractivity contribution in [2.75, 3.05) is 37.6 Å². The van der Waals surface area contributed by atoms with E-state index < -0.39 is 24.4 Å². The Morgan fingerprint density at radius 3 is 2.30 bits per heavy atom. The summed E-state index contributed by atoms with van der Waals surface area (Å²) in [5.74, 6) is -0.0948. The second-order valence-electron chi connectivity index (χ2n) is 9.29. The molecule has 9 heteroatoms. The Bertz CT molecular complexity index is 780. The van der Waals surface area contributed by atoms with Crippen molar-refractivity contribution in [1.29, 1.82) is 0 Å². The second-order valence-corrected chi connectivity index (χ2v) is 9.29. The van der Waals surface area contributed by atoms with Crippen LogP contribution in [0.1, 0.15) is 38.5 Å². The molecule has 182 valence electrons. The van der Waals surface area contributed by atoms with Crippen LogP contribution in [0.25, 0.3) is 0 Å². The third-order valence-corrected chi connectivity index (χ3v) is 7.00. The Labute approximate surface area is 195 Å². The molecule has 3 aliphatic rings. The zero-order valence-corrected chi connectivity index (χ0v) is 19.1. The molecule has 0 bridgehead atoms. The van der Waals surface area contributed by atoms with E-state index in [1.807, 2.05) is 18.2 Å². The number of aliphatic hydroxyl groups is 2. The van der Waals surface area contributed by atoms with E-state index in [1.54, 1.807) is 4.90 Å². The molecular weight excluding hydrogens is 424 g/mol. The van der Waals surface area contributed by atoms with Crippen LogP contribution >= 0.6 is 0 Å². The smallest absolute Gasteiger partial charge is 0.315 e. The predicted molar refractivity (Wildman–Crippen MR) is 124 cm³/mol. The van der Waals surface area contributed by atoms with Crippen LogP contribution in [-0.2, 0) is 9.53 Å². The average Bonchev–Trinajstić information content (AvgIpc) is 3.12. The zero-order valence-electron chi connectivity index (χ0n) is 19.1. The first kappa shape index (κ1) is 23.8. The van der Waals surface area contributed by atoms with E-state index in [-0.39, 0.29) is 30.9 Å². The van der Waals surface area contributed by atoms with Crippen molar-refractivity contribution >= 4 is 17.6 Å². The lowest BCUT2D eigenvalue weighted by Gasteiger charge is -2.36. The van der Waals surface area contributed by atoms with Crippen LogP contribution < -0.4 is 15.5 Å². The molecule has 1 aromatic rings. The first-order valence-electron chi connectivity index (χ1n) is 12.1. The number of nitrogens with zero attached hydrogens (tertiary/aromatic N) is 2. The maximum absolute atomic E-state index is 12.8. The van der Waals surface area contributed by atoms with Crippen LogP contribution in [0.3, 0.4) is 0 Å². The van der Waals surface area contributed by atoms with Crippen LogP contribution in [-0.4, -0.2) is 90.2 Å². The summed E-state index contributed by atoms with van der Waals surface area (Å²) in [7, 11) is 0. The number of nitrogens with one attached hydrogen (secondary N) is 2. The summed E-state index contributed by atoms with van der Waals surface area (Å²) in [6.07, 6.45) is 1.60. The van der Waals surface area contributed by atoms with Gasteiger partial charge in [-0.1, -0.05) is 37.5 Å². The van der Waals surface area contributed by atoms with E-state index in [9.17, 15) is 19.8 Å². The number of carbonyl (C=O) groups excluding carboxylic acids is 2. The molecular formula is C24H36N4O5. The Morgan fingerprint density at radius 2 is 1.61 bits per heavy atom. The summed E-state index contributed by atoms with van der Waals surface area (Å²) in [5, 5.41) is 26.5. The highest BCUT2D eigenvalue weighted by molar-refractivity contribution is 5.77. The molecule has 0 spiro atoms. The normalized spacial score (nSPS) is 28.5. The number of anilines is 1. The van der Waals surface area contributed by atoms with Crippen molar-refractivity contribution < 1.29 is 24.5 Å². The molecule has 2 heterocycles. The molecule has 1 saturated carbocycles. The third-order valence-electron chi connectivity index (χ3n) is 7.00. The highest BCUT2D eigenvalue weighted by atomic mass is 16.5. The minimum absolute atomic E-state index is 0.00827. The number of urea groups is 1. The Balaban J connectivity index is 1.20. The summed E-state index contributed by atoms with van der Waals surface area (Å²) in [5.41, 5.74) is 1.14. The van der Waals surface area contributed by atoms with Gasteiger partial charge >= 0.3 is 6.03 Å². The van der Waals surface area contributed by atoms with Gasteiger partial charge in [-0.25, -0.2) is 4.79 Å². The molecule has 1 aliphatic carbocycles. The van der Waals surface area contributed by atoms with Crippen molar-refractivity contribution in [3.63, 3.8) is 0 Å². The van der Waals surface area contributed by atoms with Gasteiger partial charge in [0.1, 0.15) is 18.3 Å². The van der Waals surface area contributed by atoms with Gasteiger partial charge in [-0.05, 0) is 25.0 Å². The van der Waals surface area contributed by atoms with E-state index >= 15 is 0 Å². The van der Waals surface area contributed by atoms with Crippen LogP contribution in [0.5, 0.6) is 0 Å². The van der Waals surface area contributed by atoms with Crippen LogP contribution in [0.4, 0.5) is 10.5 Å².